The van der Waals surface area contributed by atoms with Gasteiger partial charge in [-0.25, -0.2) is 5.90 Å². The zero-order valence-corrected chi connectivity index (χ0v) is 14.7. The molecule has 0 aromatic heterocycles. The van der Waals surface area contributed by atoms with E-state index in [-0.39, 0.29) is 12.0 Å². The molecule has 1 heterocycles. The van der Waals surface area contributed by atoms with Gasteiger partial charge in [-0.1, -0.05) is 55.0 Å². The van der Waals surface area contributed by atoms with E-state index in [1.807, 2.05) is 36.4 Å². The first-order chi connectivity index (χ1) is 12.3. The lowest BCUT2D eigenvalue weighted by Crippen LogP contribution is -2.41. The molecule has 2 aliphatic rings. The zero-order chi connectivity index (χ0) is 17.7. The molecule has 0 spiro atoms. The van der Waals surface area contributed by atoms with Crippen molar-refractivity contribution in [2.45, 2.75) is 44.8 Å². The van der Waals surface area contributed by atoms with Gasteiger partial charge in [0.25, 0.3) is 0 Å². The summed E-state index contributed by atoms with van der Waals surface area (Å²) < 4.78 is 5.30. The first-order valence-corrected chi connectivity index (χ1v) is 8.91. The summed E-state index contributed by atoms with van der Waals surface area (Å²) in [6, 6.07) is 9.71. The Morgan fingerprint density at radius 1 is 1.16 bits per heavy atom. The summed E-state index contributed by atoms with van der Waals surface area (Å²) in [7, 11) is 0. The van der Waals surface area contributed by atoms with E-state index in [1.54, 1.807) is 0 Å². The van der Waals surface area contributed by atoms with Crippen LogP contribution in [0.4, 0.5) is 0 Å². The van der Waals surface area contributed by atoms with Crippen LogP contribution in [0.15, 0.2) is 54.1 Å². The van der Waals surface area contributed by atoms with Crippen LogP contribution < -0.4 is 11.2 Å². The van der Waals surface area contributed by atoms with Crippen molar-refractivity contribution in [2.24, 2.45) is 5.90 Å². The second-order valence-corrected chi connectivity index (χ2v) is 6.17. The molecule has 136 valence electrons. The number of piperidine rings is 1. The van der Waals surface area contributed by atoms with Gasteiger partial charge in [0.15, 0.2) is 0 Å². The molecule has 1 aliphatic heterocycles. The van der Waals surface area contributed by atoms with Gasteiger partial charge in [-0.3, -0.25) is 9.63 Å². The quantitative estimate of drug-likeness (QED) is 0.634. The molecule has 0 bridgehead atoms. The van der Waals surface area contributed by atoms with Gasteiger partial charge in [0.2, 0.25) is 0 Å². The van der Waals surface area contributed by atoms with Crippen molar-refractivity contribution < 1.29 is 14.4 Å². The van der Waals surface area contributed by atoms with E-state index in [4.69, 9.17) is 10.6 Å². The Balaban J connectivity index is 0.000000212. The Morgan fingerprint density at radius 2 is 2.00 bits per heavy atom. The Kier molecular flexibility index (Phi) is 8.97. The monoisotopic (exact) mass is 344 g/mol. The van der Waals surface area contributed by atoms with Crippen molar-refractivity contribution in [3.05, 3.63) is 59.7 Å². The maximum Gasteiger partial charge on any atom is 0.323 e. The molecular weight excluding hydrogens is 316 g/mol. The number of ether oxygens (including phenoxy) is 1. The molecular formula is C20H28N2O3. The molecule has 1 atom stereocenters. The number of carbonyl (C=O) groups is 1. The lowest BCUT2D eigenvalue weighted by Gasteiger charge is -2.21. The van der Waals surface area contributed by atoms with Gasteiger partial charge in [-0.15, -0.1) is 0 Å². The van der Waals surface area contributed by atoms with Crippen molar-refractivity contribution in [2.75, 3.05) is 13.2 Å². The van der Waals surface area contributed by atoms with E-state index >= 15 is 0 Å². The molecule has 3 rings (SSSR count). The van der Waals surface area contributed by atoms with E-state index in [0.29, 0.717) is 13.2 Å². The summed E-state index contributed by atoms with van der Waals surface area (Å²) in [5.41, 5.74) is 2.22. The highest BCUT2D eigenvalue weighted by Gasteiger charge is 2.21. The van der Waals surface area contributed by atoms with E-state index in [2.05, 4.69) is 22.3 Å². The van der Waals surface area contributed by atoms with Gasteiger partial charge in [-0.2, -0.15) is 0 Å². The fourth-order valence-electron chi connectivity index (χ4n) is 2.75. The Morgan fingerprint density at radius 3 is 2.64 bits per heavy atom. The summed E-state index contributed by atoms with van der Waals surface area (Å²) in [5.74, 6) is 4.76. The molecule has 1 aliphatic carbocycles. The Bertz CT molecular complexity index is 564. The van der Waals surface area contributed by atoms with Crippen LogP contribution in [0.25, 0.3) is 0 Å². The summed E-state index contributed by atoms with van der Waals surface area (Å²) in [4.78, 5) is 16.1. The first-order valence-electron chi connectivity index (χ1n) is 8.91. The van der Waals surface area contributed by atoms with Crippen LogP contribution in [0, 0.1) is 0 Å². The lowest BCUT2D eigenvalue weighted by molar-refractivity contribution is -0.145. The molecule has 0 radical (unpaired) electrons. The predicted octanol–water partition coefficient (Wildman–Crippen LogP) is 3.03. The van der Waals surface area contributed by atoms with Crippen molar-refractivity contribution in [3.8, 4) is 0 Å². The fourth-order valence-corrected chi connectivity index (χ4v) is 2.75. The molecule has 1 aromatic rings. The Hall–Kier alpha value is -1.95. The molecule has 5 heteroatoms. The summed E-state index contributed by atoms with van der Waals surface area (Å²) >= 11 is 0. The van der Waals surface area contributed by atoms with E-state index in [1.165, 1.54) is 0 Å². The molecule has 25 heavy (non-hydrogen) atoms. The van der Waals surface area contributed by atoms with Gasteiger partial charge >= 0.3 is 5.97 Å². The summed E-state index contributed by atoms with van der Waals surface area (Å²) in [6.07, 6.45) is 11.7. The predicted molar refractivity (Wildman–Crippen MR) is 98.5 cm³/mol. The third kappa shape index (κ3) is 7.65. The van der Waals surface area contributed by atoms with Gasteiger partial charge in [-0.05, 0) is 43.4 Å². The van der Waals surface area contributed by atoms with Gasteiger partial charge in [0, 0.05) is 0 Å². The number of esters is 1. The summed E-state index contributed by atoms with van der Waals surface area (Å²) in [6.45, 7) is 1.84. The van der Waals surface area contributed by atoms with Crippen molar-refractivity contribution in [3.63, 3.8) is 0 Å². The van der Waals surface area contributed by atoms with Gasteiger partial charge in [0.1, 0.15) is 12.6 Å². The zero-order valence-electron chi connectivity index (χ0n) is 14.7. The molecule has 1 fully saturated rings. The van der Waals surface area contributed by atoms with Gasteiger partial charge in [0.05, 0.1) is 6.61 Å². The SMILES string of the molecule is NOCc1ccccc1.O=C(OCC1=CCCC=C1)C1CCCCN1. The third-order valence-electron chi connectivity index (χ3n) is 4.14. The number of hydrogen-bond acceptors (Lipinski definition) is 5. The van der Waals surface area contributed by atoms with Crippen LogP contribution in [0.1, 0.15) is 37.7 Å². The average Bonchev–Trinajstić information content (AvgIpc) is 2.69. The van der Waals surface area contributed by atoms with Crippen LogP contribution in [-0.2, 0) is 21.0 Å². The van der Waals surface area contributed by atoms with Crippen LogP contribution in [-0.4, -0.2) is 25.2 Å². The largest absolute Gasteiger partial charge is 0.460 e. The molecule has 3 N–H and O–H groups in total. The number of carbonyl (C=O) groups excluding carboxylic acids is 1. The number of nitrogens with one attached hydrogen (secondary N) is 1. The van der Waals surface area contributed by atoms with Crippen molar-refractivity contribution in [1.82, 2.24) is 5.32 Å². The third-order valence-corrected chi connectivity index (χ3v) is 4.14. The lowest BCUT2D eigenvalue weighted by atomic mass is 10.1. The molecule has 1 saturated heterocycles. The molecule has 1 unspecified atom stereocenters. The van der Waals surface area contributed by atoms with Crippen molar-refractivity contribution in [1.29, 1.82) is 0 Å². The summed E-state index contributed by atoms with van der Waals surface area (Å²) in [5, 5.41) is 3.19. The van der Waals surface area contributed by atoms with Crippen LogP contribution in [0.2, 0.25) is 0 Å². The highest BCUT2D eigenvalue weighted by Crippen LogP contribution is 2.12. The smallest absolute Gasteiger partial charge is 0.323 e. The van der Waals surface area contributed by atoms with Crippen LogP contribution >= 0.6 is 0 Å². The fraction of sp³-hybridized carbons (Fsp3) is 0.450. The Labute approximate surface area is 149 Å². The highest BCUT2D eigenvalue weighted by molar-refractivity contribution is 5.76. The van der Waals surface area contributed by atoms with Crippen molar-refractivity contribution >= 4 is 5.97 Å². The number of nitrogens with two attached hydrogens (primary N) is 1. The number of rotatable bonds is 5. The first kappa shape index (κ1) is 19.4. The van der Waals surface area contributed by atoms with E-state index in [9.17, 15) is 4.79 Å². The highest BCUT2D eigenvalue weighted by atomic mass is 16.6. The van der Waals surface area contributed by atoms with E-state index in [0.717, 1.165) is 49.8 Å². The maximum atomic E-state index is 11.7. The molecule has 1 aromatic carbocycles. The van der Waals surface area contributed by atoms with Crippen LogP contribution in [0.3, 0.4) is 0 Å². The average molecular weight is 344 g/mol. The maximum absolute atomic E-state index is 11.7. The second kappa shape index (κ2) is 11.6. The standard InChI is InChI=1S/C13H19NO2.C7H9NO/c15-13(12-8-4-5-9-14-12)16-10-11-6-2-1-3-7-11;8-9-6-7-4-2-1-3-5-7/h2,6-7,12,14H,1,3-5,8-10H2;1-5H,6,8H2. The van der Waals surface area contributed by atoms with E-state index < -0.39 is 0 Å². The minimum absolute atomic E-state index is 0.0816. The molecule has 0 amide bonds. The second-order valence-electron chi connectivity index (χ2n) is 6.17. The molecule has 5 nitrogen and oxygen atoms in total. The number of benzene rings is 1. The topological polar surface area (TPSA) is 73.6 Å². The number of hydrogen-bond donors (Lipinski definition) is 2. The molecule has 0 saturated carbocycles. The minimum Gasteiger partial charge on any atom is -0.460 e. The van der Waals surface area contributed by atoms with Gasteiger partial charge < -0.3 is 10.1 Å². The number of allylic oxidation sites excluding steroid dienone is 2. The van der Waals surface area contributed by atoms with Crippen LogP contribution in [0.5, 0.6) is 0 Å². The minimum atomic E-state index is -0.0976. The normalized spacial score (nSPS) is 19.4.